The van der Waals surface area contributed by atoms with Gasteiger partial charge in [0, 0.05) is 0 Å². The van der Waals surface area contributed by atoms with E-state index in [0.717, 1.165) is 31.2 Å². The quantitative estimate of drug-likeness (QED) is 0.761. The Kier molecular flexibility index (Phi) is 3.94. The molecular weight excluding hydrogens is 203 g/mol. The van der Waals surface area contributed by atoms with Crippen molar-refractivity contribution in [3.8, 4) is 0 Å². The van der Waals surface area contributed by atoms with Crippen LogP contribution in [0.5, 0.6) is 0 Å². The zero-order chi connectivity index (χ0) is 11.4. The van der Waals surface area contributed by atoms with Gasteiger partial charge in [0.05, 0.1) is 6.10 Å². The molecule has 2 unspecified atom stereocenters. The summed E-state index contributed by atoms with van der Waals surface area (Å²) in [4.78, 5) is 0. The highest BCUT2D eigenvalue weighted by atomic mass is 19.1. The first-order valence-electron chi connectivity index (χ1n) is 6.18. The van der Waals surface area contributed by atoms with E-state index in [9.17, 15) is 9.50 Å². The van der Waals surface area contributed by atoms with Crippen molar-refractivity contribution < 1.29 is 9.50 Å². The molecule has 1 N–H and O–H groups in total. The molecule has 2 atom stereocenters. The minimum atomic E-state index is -0.190. The summed E-state index contributed by atoms with van der Waals surface area (Å²) < 4.78 is 12.8. The van der Waals surface area contributed by atoms with Gasteiger partial charge in [0.2, 0.25) is 0 Å². The van der Waals surface area contributed by atoms with Gasteiger partial charge in [0.1, 0.15) is 5.82 Å². The van der Waals surface area contributed by atoms with E-state index < -0.39 is 0 Å². The summed E-state index contributed by atoms with van der Waals surface area (Å²) in [6.45, 7) is 0. The fraction of sp³-hybridized carbons (Fsp3) is 0.571. The van der Waals surface area contributed by atoms with Gasteiger partial charge in [-0.05, 0) is 42.9 Å². The number of rotatable bonds is 2. The second-order valence-electron chi connectivity index (χ2n) is 4.80. The van der Waals surface area contributed by atoms with Crippen molar-refractivity contribution in [2.45, 2.75) is 44.6 Å². The van der Waals surface area contributed by atoms with Gasteiger partial charge < -0.3 is 5.11 Å². The molecule has 1 aromatic rings. The molecule has 0 heterocycles. The maximum Gasteiger partial charge on any atom is 0.123 e. The number of halogens is 1. The third-order valence-electron chi connectivity index (χ3n) is 3.53. The number of benzene rings is 1. The van der Waals surface area contributed by atoms with Crippen molar-refractivity contribution in [1.29, 1.82) is 0 Å². The number of aliphatic hydroxyl groups excluding tert-OH is 1. The van der Waals surface area contributed by atoms with E-state index in [-0.39, 0.29) is 11.9 Å². The van der Waals surface area contributed by atoms with Gasteiger partial charge in [-0.25, -0.2) is 4.39 Å². The molecular formula is C14H19FO. The molecule has 1 saturated carbocycles. The predicted molar refractivity (Wildman–Crippen MR) is 62.7 cm³/mol. The van der Waals surface area contributed by atoms with Crippen molar-refractivity contribution in [2.75, 3.05) is 0 Å². The molecule has 0 aromatic heterocycles. The van der Waals surface area contributed by atoms with Gasteiger partial charge in [0.25, 0.3) is 0 Å². The van der Waals surface area contributed by atoms with Crippen LogP contribution in [0.4, 0.5) is 4.39 Å². The predicted octanol–water partition coefficient (Wildman–Crippen LogP) is 3.31. The van der Waals surface area contributed by atoms with Gasteiger partial charge in [-0.1, -0.05) is 31.4 Å². The van der Waals surface area contributed by atoms with Gasteiger partial charge in [-0.15, -0.1) is 0 Å². The summed E-state index contributed by atoms with van der Waals surface area (Å²) >= 11 is 0. The highest BCUT2D eigenvalue weighted by molar-refractivity contribution is 5.16. The summed E-state index contributed by atoms with van der Waals surface area (Å²) in [7, 11) is 0. The van der Waals surface area contributed by atoms with Crippen LogP contribution in [-0.2, 0) is 6.42 Å². The third-order valence-corrected chi connectivity index (χ3v) is 3.53. The van der Waals surface area contributed by atoms with Crippen LogP contribution in [0.15, 0.2) is 24.3 Å². The van der Waals surface area contributed by atoms with E-state index in [1.165, 1.54) is 25.0 Å². The molecule has 1 fully saturated rings. The Hall–Kier alpha value is -0.890. The highest BCUT2D eigenvalue weighted by Gasteiger charge is 2.21. The van der Waals surface area contributed by atoms with Crippen LogP contribution in [0.1, 0.15) is 37.7 Å². The monoisotopic (exact) mass is 222 g/mol. The van der Waals surface area contributed by atoms with Gasteiger partial charge in [-0.3, -0.25) is 0 Å². The summed E-state index contributed by atoms with van der Waals surface area (Å²) in [6, 6.07) is 6.65. The maximum absolute atomic E-state index is 12.8. The van der Waals surface area contributed by atoms with Crippen LogP contribution in [0.25, 0.3) is 0 Å². The van der Waals surface area contributed by atoms with E-state index in [1.54, 1.807) is 0 Å². The lowest BCUT2D eigenvalue weighted by Crippen LogP contribution is -2.20. The molecule has 88 valence electrons. The number of hydrogen-bond donors (Lipinski definition) is 1. The van der Waals surface area contributed by atoms with Crippen molar-refractivity contribution in [2.24, 2.45) is 5.92 Å². The summed E-state index contributed by atoms with van der Waals surface area (Å²) in [5, 5.41) is 9.99. The van der Waals surface area contributed by atoms with Crippen LogP contribution >= 0.6 is 0 Å². The SMILES string of the molecule is OC1CCCCCC1Cc1ccc(F)cc1. The highest BCUT2D eigenvalue weighted by Crippen LogP contribution is 2.26. The first-order chi connectivity index (χ1) is 7.75. The Morgan fingerprint density at radius 1 is 1.06 bits per heavy atom. The minimum absolute atomic E-state index is 0.174. The number of aliphatic hydroxyl groups is 1. The molecule has 1 nitrogen and oxygen atoms in total. The number of hydrogen-bond acceptors (Lipinski definition) is 1. The summed E-state index contributed by atoms with van der Waals surface area (Å²) in [5.74, 6) is 0.165. The Labute approximate surface area is 96.3 Å². The molecule has 0 spiro atoms. The Bertz CT molecular complexity index is 320. The van der Waals surface area contributed by atoms with Crippen LogP contribution in [0, 0.1) is 11.7 Å². The first-order valence-corrected chi connectivity index (χ1v) is 6.18. The average molecular weight is 222 g/mol. The molecule has 2 rings (SSSR count). The molecule has 16 heavy (non-hydrogen) atoms. The lowest BCUT2D eigenvalue weighted by Gasteiger charge is -2.20. The lowest BCUT2D eigenvalue weighted by molar-refractivity contribution is 0.101. The second-order valence-corrected chi connectivity index (χ2v) is 4.80. The van der Waals surface area contributed by atoms with E-state index in [4.69, 9.17) is 0 Å². The zero-order valence-corrected chi connectivity index (χ0v) is 9.53. The Morgan fingerprint density at radius 3 is 2.50 bits per heavy atom. The summed E-state index contributed by atoms with van der Waals surface area (Å²) in [6.07, 6.45) is 6.31. The van der Waals surface area contributed by atoms with Crippen molar-refractivity contribution >= 4 is 0 Å². The van der Waals surface area contributed by atoms with E-state index in [0.29, 0.717) is 5.92 Å². The standard InChI is InChI=1S/C14H19FO/c15-13-8-6-11(7-9-13)10-12-4-2-1-3-5-14(12)16/h6-9,12,14,16H,1-5,10H2. The third kappa shape index (κ3) is 3.05. The van der Waals surface area contributed by atoms with E-state index >= 15 is 0 Å². The van der Waals surface area contributed by atoms with Crippen molar-refractivity contribution in [3.63, 3.8) is 0 Å². The fourth-order valence-corrected chi connectivity index (χ4v) is 2.53. The molecule has 1 aliphatic rings. The molecule has 0 radical (unpaired) electrons. The Morgan fingerprint density at radius 2 is 1.75 bits per heavy atom. The van der Waals surface area contributed by atoms with Crippen molar-refractivity contribution in [1.82, 2.24) is 0 Å². The van der Waals surface area contributed by atoms with E-state index in [2.05, 4.69) is 0 Å². The molecule has 1 aromatic carbocycles. The van der Waals surface area contributed by atoms with Crippen LogP contribution in [0.3, 0.4) is 0 Å². The minimum Gasteiger partial charge on any atom is -0.393 e. The van der Waals surface area contributed by atoms with Crippen LogP contribution in [0.2, 0.25) is 0 Å². The molecule has 1 aliphatic carbocycles. The van der Waals surface area contributed by atoms with Gasteiger partial charge in [-0.2, -0.15) is 0 Å². The smallest absolute Gasteiger partial charge is 0.123 e. The topological polar surface area (TPSA) is 20.2 Å². The van der Waals surface area contributed by atoms with E-state index in [1.807, 2.05) is 12.1 Å². The van der Waals surface area contributed by atoms with Crippen LogP contribution < -0.4 is 0 Å². The average Bonchev–Trinajstić information content (AvgIpc) is 2.48. The van der Waals surface area contributed by atoms with Gasteiger partial charge in [0.15, 0.2) is 0 Å². The largest absolute Gasteiger partial charge is 0.393 e. The van der Waals surface area contributed by atoms with Crippen LogP contribution in [-0.4, -0.2) is 11.2 Å². The fourth-order valence-electron chi connectivity index (χ4n) is 2.53. The maximum atomic E-state index is 12.8. The lowest BCUT2D eigenvalue weighted by atomic mass is 9.90. The van der Waals surface area contributed by atoms with Gasteiger partial charge >= 0.3 is 0 Å². The molecule has 0 aliphatic heterocycles. The molecule has 0 bridgehead atoms. The molecule has 0 amide bonds. The van der Waals surface area contributed by atoms with Crippen molar-refractivity contribution in [3.05, 3.63) is 35.6 Å². The Balaban J connectivity index is 1.99. The molecule has 0 saturated heterocycles. The molecule has 2 heteroatoms. The normalized spacial score (nSPS) is 26.4. The first kappa shape index (κ1) is 11.6. The zero-order valence-electron chi connectivity index (χ0n) is 9.53. The summed E-state index contributed by atoms with van der Waals surface area (Å²) in [5.41, 5.74) is 1.13. The second kappa shape index (κ2) is 5.44.